The van der Waals surface area contributed by atoms with E-state index in [0.717, 1.165) is 11.3 Å². The van der Waals surface area contributed by atoms with Crippen LogP contribution in [0.4, 0.5) is 5.69 Å². The second-order valence-electron chi connectivity index (χ2n) is 4.84. The summed E-state index contributed by atoms with van der Waals surface area (Å²) < 4.78 is 0. The lowest BCUT2D eigenvalue weighted by Gasteiger charge is -2.20. The molecule has 2 heteroatoms. The van der Waals surface area contributed by atoms with E-state index in [2.05, 4.69) is 13.0 Å². The third kappa shape index (κ3) is 3.68. The molecule has 2 rings (SSSR count). The Morgan fingerprint density at radius 2 is 1.63 bits per heavy atom. The smallest absolute Gasteiger partial charge is 0.156 e. The predicted octanol–water partition coefficient (Wildman–Crippen LogP) is 3.24. The molecule has 0 fully saturated rings. The third-order valence-corrected chi connectivity index (χ3v) is 3.18. The van der Waals surface area contributed by atoms with Crippen LogP contribution in [-0.2, 0) is 11.2 Å². The minimum Gasteiger partial charge on any atom is -0.367 e. The van der Waals surface area contributed by atoms with Crippen molar-refractivity contribution in [3.63, 3.8) is 0 Å². The average molecular weight is 253 g/mol. The van der Waals surface area contributed by atoms with Crippen LogP contribution < -0.4 is 4.90 Å². The van der Waals surface area contributed by atoms with Crippen LogP contribution in [0.5, 0.6) is 0 Å². The zero-order valence-electron chi connectivity index (χ0n) is 11.5. The molecule has 2 aromatic rings. The molecule has 98 valence electrons. The van der Waals surface area contributed by atoms with Gasteiger partial charge in [0.25, 0.3) is 0 Å². The number of anilines is 1. The van der Waals surface area contributed by atoms with Gasteiger partial charge in [-0.1, -0.05) is 48.5 Å². The van der Waals surface area contributed by atoms with Gasteiger partial charge in [0.15, 0.2) is 5.78 Å². The number of nitrogens with zero attached hydrogens (tertiary/aromatic N) is 1. The van der Waals surface area contributed by atoms with Crippen molar-refractivity contribution >= 4 is 11.5 Å². The maximum absolute atomic E-state index is 12.1. The molecular weight excluding hydrogens is 234 g/mol. The number of rotatable bonds is 5. The number of hydrogen-bond donors (Lipinski definition) is 0. The van der Waals surface area contributed by atoms with Crippen molar-refractivity contribution in [3.8, 4) is 0 Å². The van der Waals surface area contributed by atoms with Gasteiger partial charge in [0.05, 0.1) is 6.54 Å². The molecule has 0 heterocycles. The van der Waals surface area contributed by atoms with E-state index in [1.807, 2.05) is 60.5 Å². The van der Waals surface area contributed by atoms with E-state index in [9.17, 15) is 4.79 Å². The fourth-order valence-corrected chi connectivity index (χ4v) is 2.22. The Kier molecular flexibility index (Phi) is 4.35. The summed E-state index contributed by atoms with van der Waals surface area (Å²) in [5.41, 5.74) is 3.38. The molecular formula is C17H19NO. The standard InChI is InChI=1S/C17H19NO/c1-14-8-6-7-11-17(14)18(2)13-16(19)12-15-9-4-3-5-10-15/h3-11H,12-13H2,1-2H3. The topological polar surface area (TPSA) is 20.3 Å². The molecule has 0 N–H and O–H groups in total. The van der Waals surface area contributed by atoms with E-state index >= 15 is 0 Å². The lowest BCUT2D eigenvalue weighted by molar-refractivity contribution is -0.117. The van der Waals surface area contributed by atoms with Crippen molar-refractivity contribution in [2.45, 2.75) is 13.3 Å². The van der Waals surface area contributed by atoms with Crippen molar-refractivity contribution in [1.29, 1.82) is 0 Å². The van der Waals surface area contributed by atoms with E-state index in [1.54, 1.807) is 0 Å². The van der Waals surface area contributed by atoms with Gasteiger partial charge in [-0.2, -0.15) is 0 Å². The average Bonchev–Trinajstić information content (AvgIpc) is 2.40. The van der Waals surface area contributed by atoms with Crippen LogP contribution in [-0.4, -0.2) is 19.4 Å². The minimum atomic E-state index is 0.233. The van der Waals surface area contributed by atoms with Gasteiger partial charge in [0, 0.05) is 19.2 Å². The maximum Gasteiger partial charge on any atom is 0.156 e. The normalized spacial score (nSPS) is 10.2. The molecule has 0 radical (unpaired) electrons. The highest BCUT2D eigenvalue weighted by Gasteiger charge is 2.09. The molecule has 2 aromatic carbocycles. The Balaban J connectivity index is 1.98. The van der Waals surface area contributed by atoms with Crippen molar-refractivity contribution in [3.05, 3.63) is 65.7 Å². The van der Waals surface area contributed by atoms with Gasteiger partial charge < -0.3 is 4.90 Å². The molecule has 0 saturated carbocycles. The van der Waals surface area contributed by atoms with E-state index in [0.29, 0.717) is 13.0 Å². The summed E-state index contributed by atoms with van der Waals surface area (Å²) in [7, 11) is 1.96. The highest BCUT2D eigenvalue weighted by atomic mass is 16.1. The number of carbonyl (C=O) groups is 1. The molecule has 0 aliphatic heterocycles. The Labute approximate surface area is 114 Å². The number of carbonyl (C=O) groups excluding carboxylic acids is 1. The Hall–Kier alpha value is -2.09. The molecule has 19 heavy (non-hydrogen) atoms. The summed E-state index contributed by atoms with van der Waals surface area (Å²) in [5.74, 6) is 0.233. The van der Waals surface area contributed by atoms with Crippen molar-refractivity contribution in [2.75, 3.05) is 18.5 Å². The van der Waals surface area contributed by atoms with Crippen LogP contribution in [0.1, 0.15) is 11.1 Å². The number of Topliss-reactive ketones (excluding diaryl/α,β-unsaturated/α-hetero) is 1. The molecule has 0 atom stereocenters. The zero-order valence-corrected chi connectivity index (χ0v) is 11.5. The van der Waals surface area contributed by atoms with Gasteiger partial charge in [-0.25, -0.2) is 0 Å². The van der Waals surface area contributed by atoms with Gasteiger partial charge in [-0.15, -0.1) is 0 Å². The molecule has 0 aliphatic carbocycles. The van der Waals surface area contributed by atoms with Gasteiger partial charge >= 0.3 is 0 Å². The molecule has 0 spiro atoms. The van der Waals surface area contributed by atoms with Gasteiger partial charge in [-0.05, 0) is 24.1 Å². The largest absolute Gasteiger partial charge is 0.367 e. The van der Waals surface area contributed by atoms with E-state index in [1.165, 1.54) is 5.56 Å². The first-order valence-electron chi connectivity index (χ1n) is 6.49. The molecule has 0 amide bonds. The zero-order chi connectivity index (χ0) is 13.7. The molecule has 0 saturated heterocycles. The van der Waals surface area contributed by atoms with Gasteiger partial charge in [-0.3, -0.25) is 4.79 Å². The highest BCUT2D eigenvalue weighted by Crippen LogP contribution is 2.17. The summed E-state index contributed by atoms with van der Waals surface area (Å²) in [4.78, 5) is 14.1. The molecule has 0 aliphatic rings. The summed E-state index contributed by atoms with van der Waals surface area (Å²) in [5, 5.41) is 0. The second-order valence-corrected chi connectivity index (χ2v) is 4.84. The first kappa shape index (κ1) is 13.3. The quantitative estimate of drug-likeness (QED) is 0.815. The lowest BCUT2D eigenvalue weighted by atomic mass is 10.1. The maximum atomic E-state index is 12.1. The molecule has 0 bridgehead atoms. The number of para-hydroxylation sites is 1. The molecule has 2 nitrogen and oxygen atoms in total. The highest BCUT2D eigenvalue weighted by molar-refractivity contribution is 5.85. The van der Waals surface area contributed by atoms with E-state index in [-0.39, 0.29) is 5.78 Å². The second kappa shape index (κ2) is 6.19. The Morgan fingerprint density at radius 3 is 2.32 bits per heavy atom. The summed E-state index contributed by atoms with van der Waals surface area (Å²) in [6.45, 7) is 2.51. The summed E-state index contributed by atoms with van der Waals surface area (Å²) >= 11 is 0. The number of ketones is 1. The van der Waals surface area contributed by atoms with Crippen LogP contribution >= 0.6 is 0 Å². The van der Waals surface area contributed by atoms with Crippen molar-refractivity contribution < 1.29 is 4.79 Å². The van der Waals surface area contributed by atoms with Crippen molar-refractivity contribution in [1.82, 2.24) is 0 Å². The number of aryl methyl sites for hydroxylation is 1. The lowest BCUT2D eigenvalue weighted by Crippen LogP contribution is -2.27. The van der Waals surface area contributed by atoms with Gasteiger partial charge in [0.2, 0.25) is 0 Å². The number of likely N-dealkylation sites (N-methyl/N-ethyl adjacent to an activating group) is 1. The predicted molar refractivity (Wildman–Crippen MR) is 79.6 cm³/mol. The first-order chi connectivity index (χ1) is 9.16. The van der Waals surface area contributed by atoms with Crippen molar-refractivity contribution in [2.24, 2.45) is 0 Å². The molecule has 0 unspecified atom stereocenters. The molecule has 0 aromatic heterocycles. The van der Waals surface area contributed by atoms with Crippen LogP contribution in [0, 0.1) is 6.92 Å². The summed E-state index contributed by atoms with van der Waals surface area (Å²) in [6.07, 6.45) is 0.497. The fraction of sp³-hybridized carbons (Fsp3) is 0.235. The Bertz CT molecular complexity index is 548. The van der Waals surface area contributed by atoms with E-state index < -0.39 is 0 Å². The monoisotopic (exact) mass is 253 g/mol. The first-order valence-corrected chi connectivity index (χ1v) is 6.49. The summed E-state index contributed by atoms with van der Waals surface area (Å²) in [6, 6.07) is 18.0. The van der Waals surface area contributed by atoms with Crippen LogP contribution in [0.25, 0.3) is 0 Å². The van der Waals surface area contributed by atoms with Crippen LogP contribution in [0.15, 0.2) is 54.6 Å². The number of benzene rings is 2. The SMILES string of the molecule is Cc1ccccc1N(C)CC(=O)Cc1ccccc1. The fourth-order valence-electron chi connectivity index (χ4n) is 2.22. The van der Waals surface area contributed by atoms with Gasteiger partial charge in [0.1, 0.15) is 0 Å². The number of hydrogen-bond acceptors (Lipinski definition) is 2. The Morgan fingerprint density at radius 1 is 1.00 bits per heavy atom. The van der Waals surface area contributed by atoms with E-state index in [4.69, 9.17) is 0 Å². The van der Waals surface area contributed by atoms with Crippen LogP contribution in [0.2, 0.25) is 0 Å². The third-order valence-electron chi connectivity index (χ3n) is 3.18. The van der Waals surface area contributed by atoms with Crippen LogP contribution in [0.3, 0.4) is 0 Å². The minimum absolute atomic E-state index is 0.233.